The third kappa shape index (κ3) is 1.53. The van der Waals surface area contributed by atoms with Gasteiger partial charge in [0.15, 0.2) is 0 Å². The SMILES string of the molecule is O=C1[C@@H]2[C@@H]3C=C[C@H]([C@@H]4C[C@H]34)[C@@H]2C(=O)N1c1cccc([N+](=O)[O-])c1. The molecular formula is C17H14N2O4. The van der Waals surface area contributed by atoms with Crippen LogP contribution in [0, 0.1) is 45.6 Å². The molecule has 4 aliphatic carbocycles. The van der Waals surface area contributed by atoms with Crippen LogP contribution in [0.5, 0.6) is 0 Å². The summed E-state index contributed by atoms with van der Waals surface area (Å²) in [6.07, 6.45) is 5.34. The van der Waals surface area contributed by atoms with Gasteiger partial charge in [-0.2, -0.15) is 0 Å². The van der Waals surface area contributed by atoms with Gasteiger partial charge in [-0.3, -0.25) is 19.7 Å². The monoisotopic (exact) mass is 310 g/mol. The van der Waals surface area contributed by atoms with Crippen LogP contribution in [-0.4, -0.2) is 16.7 Å². The molecule has 0 spiro atoms. The Labute approximate surface area is 131 Å². The van der Waals surface area contributed by atoms with Crippen LogP contribution in [0.3, 0.4) is 0 Å². The van der Waals surface area contributed by atoms with Gasteiger partial charge in [0, 0.05) is 12.1 Å². The Morgan fingerprint density at radius 3 is 2.22 bits per heavy atom. The molecule has 6 heteroatoms. The third-order valence-corrected chi connectivity index (χ3v) is 5.96. The van der Waals surface area contributed by atoms with Crippen molar-refractivity contribution in [2.45, 2.75) is 6.42 Å². The molecule has 1 saturated heterocycles. The molecule has 0 N–H and O–H groups in total. The summed E-state index contributed by atoms with van der Waals surface area (Å²) in [4.78, 5) is 37.4. The molecule has 116 valence electrons. The number of anilines is 1. The van der Waals surface area contributed by atoms with Gasteiger partial charge in [-0.1, -0.05) is 18.2 Å². The first-order valence-corrected chi connectivity index (χ1v) is 7.88. The van der Waals surface area contributed by atoms with Crippen LogP contribution >= 0.6 is 0 Å². The van der Waals surface area contributed by atoms with Crippen molar-refractivity contribution < 1.29 is 14.5 Å². The zero-order valence-corrected chi connectivity index (χ0v) is 12.2. The Bertz CT molecular complexity index is 766. The van der Waals surface area contributed by atoms with E-state index in [-0.39, 0.29) is 41.2 Å². The van der Waals surface area contributed by atoms with Crippen molar-refractivity contribution in [3.63, 3.8) is 0 Å². The van der Waals surface area contributed by atoms with Crippen molar-refractivity contribution in [2.24, 2.45) is 35.5 Å². The fourth-order valence-electron chi connectivity index (χ4n) is 4.96. The summed E-state index contributed by atoms with van der Waals surface area (Å²) in [7, 11) is 0. The molecule has 6 atom stereocenters. The number of nitro benzene ring substituents is 1. The van der Waals surface area contributed by atoms with Crippen LogP contribution in [0.1, 0.15) is 6.42 Å². The lowest BCUT2D eigenvalue weighted by molar-refractivity contribution is -0.384. The molecule has 2 amide bonds. The fraction of sp³-hybridized carbons (Fsp3) is 0.412. The van der Waals surface area contributed by atoms with E-state index in [1.807, 2.05) is 0 Å². The van der Waals surface area contributed by atoms with Crippen LogP contribution < -0.4 is 4.90 Å². The largest absolute Gasteiger partial charge is 0.274 e. The molecule has 1 heterocycles. The van der Waals surface area contributed by atoms with Crippen LogP contribution in [0.4, 0.5) is 11.4 Å². The number of carbonyl (C=O) groups is 2. The predicted molar refractivity (Wildman–Crippen MR) is 80.3 cm³/mol. The molecule has 0 radical (unpaired) electrons. The number of allylic oxidation sites excluding steroid dienone is 2. The van der Waals surface area contributed by atoms with Crippen LogP contribution in [0.15, 0.2) is 36.4 Å². The predicted octanol–water partition coefficient (Wildman–Crippen LogP) is 2.15. The van der Waals surface area contributed by atoms with E-state index >= 15 is 0 Å². The maximum Gasteiger partial charge on any atom is 0.271 e. The number of rotatable bonds is 2. The molecule has 23 heavy (non-hydrogen) atoms. The Hall–Kier alpha value is -2.50. The van der Waals surface area contributed by atoms with Crippen molar-refractivity contribution in [3.05, 3.63) is 46.5 Å². The van der Waals surface area contributed by atoms with Crippen molar-refractivity contribution >= 4 is 23.2 Å². The van der Waals surface area contributed by atoms with E-state index in [9.17, 15) is 19.7 Å². The van der Waals surface area contributed by atoms with Gasteiger partial charge in [0.1, 0.15) is 0 Å². The number of amides is 2. The number of hydrogen-bond donors (Lipinski definition) is 0. The highest BCUT2D eigenvalue weighted by Crippen LogP contribution is 2.65. The maximum absolute atomic E-state index is 12.9. The van der Waals surface area contributed by atoms with Gasteiger partial charge in [0.2, 0.25) is 11.8 Å². The highest BCUT2D eigenvalue weighted by atomic mass is 16.6. The number of hydrogen-bond acceptors (Lipinski definition) is 4. The molecule has 1 aromatic carbocycles. The van der Waals surface area contributed by atoms with E-state index < -0.39 is 4.92 Å². The van der Waals surface area contributed by atoms with E-state index in [0.717, 1.165) is 6.42 Å². The second-order valence-electron chi connectivity index (χ2n) is 6.94. The quantitative estimate of drug-likeness (QED) is 0.363. The summed E-state index contributed by atoms with van der Waals surface area (Å²) in [6.45, 7) is 0. The maximum atomic E-state index is 12.9. The Kier molecular flexibility index (Phi) is 2.30. The molecule has 1 aromatic rings. The van der Waals surface area contributed by atoms with Crippen molar-refractivity contribution in [1.82, 2.24) is 0 Å². The van der Waals surface area contributed by atoms with E-state index in [1.165, 1.54) is 23.1 Å². The van der Waals surface area contributed by atoms with Crippen molar-refractivity contribution in [1.29, 1.82) is 0 Å². The Morgan fingerprint density at radius 2 is 1.65 bits per heavy atom. The minimum absolute atomic E-state index is 0.109. The van der Waals surface area contributed by atoms with Gasteiger partial charge < -0.3 is 0 Å². The second kappa shape index (κ2) is 4.07. The van der Waals surface area contributed by atoms with Gasteiger partial charge in [0.25, 0.3) is 5.69 Å². The van der Waals surface area contributed by atoms with Gasteiger partial charge >= 0.3 is 0 Å². The first kappa shape index (κ1) is 13.0. The molecule has 0 aromatic heterocycles. The number of nitrogens with zero attached hydrogens (tertiary/aromatic N) is 2. The zero-order chi connectivity index (χ0) is 15.9. The van der Waals surface area contributed by atoms with E-state index in [4.69, 9.17) is 0 Å². The summed E-state index contributed by atoms with van der Waals surface area (Å²) in [5.74, 6) is 0.489. The summed E-state index contributed by atoms with van der Waals surface area (Å²) >= 11 is 0. The smallest absolute Gasteiger partial charge is 0.271 e. The number of benzene rings is 1. The van der Waals surface area contributed by atoms with Gasteiger partial charge in [-0.15, -0.1) is 0 Å². The average Bonchev–Trinajstić information content (AvgIpc) is 3.32. The van der Waals surface area contributed by atoms with E-state index in [2.05, 4.69) is 12.2 Å². The molecule has 2 bridgehead atoms. The van der Waals surface area contributed by atoms with Crippen molar-refractivity contribution in [3.8, 4) is 0 Å². The lowest BCUT2D eigenvalue weighted by Crippen LogP contribution is -2.40. The first-order chi connectivity index (χ1) is 11.1. The van der Waals surface area contributed by atoms with E-state index in [0.29, 0.717) is 17.5 Å². The molecule has 2 saturated carbocycles. The number of nitro groups is 1. The highest BCUT2D eigenvalue weighted by molar-refractivity contribution is 6.22. The number of non-ortho nitro benzene ring substituents is 1. The summed E-state index contributed by atoms with van der Waals surface area (Å²) in [5.41, 5.74) is 0.207. The number of carbonyl (C=O) groups excluding carboxylic acids is 2. The van der Waals surface area contributed by atoms with Crippen LogP contribution in [0.2, 0.25) is 0 Å². The van der Waals surface area contributed by atoms with Gasteiger partial charge in [0.05, 0.1) is 22.4 Å². The second-order valence-corrected chi connectivity index (χ2v) is 6.94. The lowest BCUT2D eigenvalue weighted by Gasteiger charge is -2.37. The molecule has 6 nitrogen and oxygen atoms in total. The first-order valence-electron chi connectivity index (χ1n) is 7.88. The standard InChI is InChI=1S/C17H14N2O4/c20-16-14-10-4-5-11(13-7-12(10)13)15(14)17(21)18(16)8-2-1-3-9(6-8)19(22)23/h1-6,10-15H,7H2/t10-,11-,12-,13+,14-,15+/m1/s1. The lowest BCUT2D eigenvalue weighted by atomic mass is 9.63. The summed E-state index contributed by atoms with van der Waals surface area (Å²) in [6, 6.07) is 5.78. The van der Waals surface area contributed by atoms with Crippen LogP contribution in [-0.2, 0) is 9.59 Å². The van der Waals surface area contributed by atoms with Crippen molar-refractivity contribution in [2.75, 3.05) is 4.90 Å². The summed E-state index contributed by atoms with van der Waals surface area (Å²) in [5, 5.41) is 11.0. The zero-order valence-electron chi connectivity index (χ0n) is 12.2. The molecule has 3 fully saturated rings. The molecule has 5 aliphatic rings. The molecule has 6 rings (SSSR count). The Morgan fingerprint density at radius 1 is 1.04 bits per heavy atom. The highest BCUT2D eigenvalue weighted by Gasteiger charge is 2.67. The van der Waals surface area contributed by atoms with Gasteiger partial charge in [-0.25, -0.2) is 4.90 Å². The topological polar surface area (TPSA) is 80.5 Å². The minimum Gasteiger partial charge on any atom is -0.274 e. The molecular weight excluding hydrogens is 296 g/mol. The number of imide groups is 1. The Balaban J connectivity index is 1.57. The van der Waals surface area contributed by atoms with Crippen LogP contribution in [0.25, 0.3) is 0 Å². The normalized spacial score (nSPS) is 39.4. The fourth-order valence-corrected chi connectivity index (χ4v) is 4.96. The van der Waals surface area contributed by atoms with E-state index in [1.54, 1.807) is 6.07 Å². The average molecular weight is 310 g/mol. The summed E-state index contributed by atoms with van der Waals surface area (Å²) < 4.78 is 0. The minimum atomic E-state index is -0.512. The molecule has 1 aliphatic heterocycles. The molecule has 0 unspecified atom stereocenters. The van der Waals surface area contributed by atoms with Gasteiger partial charge in [-0.05, 0) is 36.2 Å². The third-order valence-electron chi connectivity index (χ3n) is 5.96.